The number of likely N-dealkylation sites (tertiary alicyclic amines) is 1. The summed E-state index contributed by atoms with van der Waals surface area (Å²) in [7, 11) is 0. The van der Waals surface area contributed by atoms with E-state index in [4.69, 9.17) is 17.3 Å². The van der Waals surface area contributed by atoms with Gasteiger partial charge in [-0.3, -0.25) is 4.79 Å². The number of rotatable bonds is 1. The molecule has 0 saturated carbocycles. The number of hydrogen-bond donors (Lipinski definition) is 1. The molecular formula is C16H19ClN2OS. The number of anilines is 1. The fourth-order valence-corrected chi connectivity index (χ4v) is 4.31. The fourth-order valence-electron chi connectivity index (χ4n) is 2.96. The van der Waals surface area contributed by atoms with Crippen LogP contribution in [0.3, 0.4) is 0 Å². The van der Waals surface area contributed by atoms with Crippen molar-refractivity contribution in [2.45, 2.75) is 38.6 Å². The first-order chi connectivity index (χ1) is 10.1. The van der Waals surface area contributed by atoms with Crippen LogP contribution in [0.2, 0.25) is 5.02 Å². The van der Waals surface area contributed by atoms with Crippen LogP contribution < -0.4 is 5.73 Å². The molecule has 3 rings (SSSR count). The maximum absolute atomic E-state index is 12.9. The molecule has 1 amide bonds. The predicted octanol–water partition coefficient (Wildman–Crippen LogP) is 4.54. The Labute approximate surface area is 133 Å². The number of thiophene rings is 1. The van der Waals surface area contributed by atoms with Crippen molar-refractivity contribution in [2.24, 2.45) is 0 Å². The van der Waals surface area contributed by atoms with Gasteiger partial charge >= 0.3 is 0 Å². The lowest BCUT2D eigenvalue weighted by molar-refractivity contribution is 0.0704. The second kappa shape index (κ2) is 5.85. The molecule has 0 spiro atoms. The SMILES string of the molecule is CC1CCCCCN1C(=O)c1sc2cc(Cl)ccc2c1N. The minimum Gasteiger partial charge on any atom is -0.397 e. The average molecular weight is 323 g/mol. The number of halogens is 1. The van der Waals surface area contributed by atoms with Gasteiger partial charge in [0.2, 0.25) is 0 Å². The third-order valence-corrected chi connectivity index (χ3v) is 5.59. The molecule has 1 aliphatic heterocycles. The highest BCUT2D eigenvalue weighted by Crippen LogP contribution is 2.36. The van der Waals surface area contributed by atoms with E-state index < -0.39 is 0 Å². The zero-order chi connectivity index (χ0) is 15.0. The zero-order valence-corrected chi connectivity index (χ0v) is 13.6. The van der Waals surface area contributed by atoms with Gasteiger partial charge in [-0.05, 0) is 38.0 Å². The molecule has 3 nitrogen and oxygen atoms in total. The number of nitrogens with two attached hydrogens (primary N) is 1. The zero-order valence-electron chi connectivity index (χ0n) is 12.1. The van der Waals surface area contributed by atoms with Crippen molar-refractivity contribution in [3.8, 4) is 0 Å². The van der Waals surface area contributed by atoms with E-state index in [1.54, 1.807) is 0 Å². The highest BCUT2D eigenvalue weighted by atomic mass is 35.5. The number of carbonyl (C=O) groups is 1. The van der Waals surface area contributed by atoms with Gasteiger partial charge in [0.15, 0.2) is 0 Å². The molecule has 0 bridgehead atoms. The molecule has 1 saturated heterocycles. The van der Waals surface area contributed by atoms with E-state index in [9.17, 15) is 4.79 Å². The molecule has 0 radical (unpaired) electrons. The van der Waals surface area contributed by atoms with Crippen molar-refractivity contribution in [1.82, 2.24) is 4.90 Å². The van der Waals surface area contributed by atoms with Gasteiger partial charge in [-0.2, -0.15) is 0 Å². The highest BCUT2D eigenvalue weighted by molar-refractivity contribution is 7.21. The Kier molecular flexibility index (Phi) is 4.09. The third kappa shape index (κ3) is 2.74. The number of hydrogen-bond acceptors (Lipinski definition) is 3. The first-order valence-electron chi connectivity index (χ1n) is 7.36. The average Bonchev–Trinajstić information content (AvgIpc) is 2.63. The molecular weight excluding hydrogens is 304 g/mol. The van der Waals surface area contributed by atoms with Crippen molar-refractivity contribution < 1.29 is 4.79 Å². The second-order valence-corrected chi connectivity index (χ2v) is 7.17. The number of nitrogen functional groups attached to an aromatic ring is 1. The van der Waals surface area contributed by atoms with E-state index >= 15 is 0 Å². The Morgan fingerprint density at radius 1 is 1.38 bits per heavy atom. The molecule has 0 aliphatic carbocycles. The summed E-state index contributed by atoms with van der Waals surface area (Å²) < 4.78 is 0.978. The molecule has 2 aromatic rings. The Morgan fingerprint density at radius 3 is 3.00 bits per heavy atom. The lowest BCUT2D eigenvalue weighted by atomic mass is 10.1. The molecule has 1 fully saturated rings. The van der Waals surface area contributed by atoms with Crippen LogP contribution in [0.1, 0.15) is 42.3 Å². The van der Waals surface area contributed by atoms with Gasteiger partial charge in [0.1, 0.15) is 4.88 Å². The Hall–Kier alpha value is -1.26. The second-order valence-electron chi connectivity index (χ2n) is 5.68. The largest absolute Gasteiger partial charge is 0.397 e. The first kappa shape index (κ1) is 14.7. The van der Waals surface area contributed by atoms with Crippen LogP contribution in [0.4, 0.5) is 5.69 Å². The molecule has 2 heterocycles. The van der Waals surface area contributed by atoms with Gasteiger partial charge < -0.3 is 10.6 Å². The van der Waals surface area contributed by atoms with Crippen LogP contribution in [0.25, 0.3) is 10.1 Å². The predicted molar refractivity (Wildman–Crippen MR) is 90.2 cm³/mol. The molecule has 2 N–H and O–H groups in total. The molecule has 1 atom stereocenters. The van der Waals surface area contributed by atoms with E-state index in [-0.39, 0.29) is 11.9 Å². The van der Waals surface area contributed by atoms with Crippen LogP contribution in [-0.4, -0.2) is 23.4 Å². The van der Waals surface area contributed by atoms with Crippen LogP contribution in [-0.2, 0) is 0 Å². The van der Waals surface area contributed by atoms with Crippen LogP contribution in [0.15, 0.2) is 18.2 Å². The summed E-state index contributed by atoms with van der Waals surface area (Å²) in [6.07, 6.45) is 4.54. The van der Waals surface area contributed by atoms with Crippen LogP contribution >= 0.6 is 22.9 Å². The Balaban J connectivity index is 1.99. The molecule has 1 unspecified atom stereocenters. The van der Waals surface area contributed by atoms with Crippen LogP contribution in [0, 0.1) is 0 Å². The fraction of sp³-hybridized carbons (Fsp3) is 0.438. The number of fused-ring (bicyclic) bond motifs is 1. The normalized spacial score (nSPS) is 19.7. The molecule has 1 aromatic carbocycles. The first-order valence-corrected chi connectivity index (χ1v) is 8.56. The van der Waals surface area contributed by atoms with Gasteiger partial charge in [0.25, 0.3) is 5.91 Å². The smallest absolute Gasteiger partial charge is 0.266 e. The summed E-state index contributed by atoms with van der Waals surface area (Å²) in [5.74, 6) is 0.0687. The summed E-state index contributed by atoms with van der Waals surface area (Å²) >= 11 is 7.47. The quantitative estimate of drug-likeness (QED) is 0.837. The van der Waals surface area contributed by atoms with Crippen molar-refractivity contribution in [1.29, 1.82) is 0 Å². The lowest BCUT2D eigenvalue weighted by Crippen LogP contribution is -2.38. The van der Waals surface area contributed by atoms with Crippen molar-refractivity contribution in [2.75, 3.05) is 12.3 Å². The monoisotopic (exact) mass is 322 g/mol. The van der Waals surface area contributed by atoms with E-state index in [1.165, 1.54) is 24.2 Å². The van der Waals surface area contributed by atoms with Gasteiger partial charge in [-0.25, -0.2) is 0 Å². The minimum absolute atomic E-state index is 0.0687. The summed E-state index contributed by atoms with van der Waals surface area (Å²) in [6, 6.07) is 5.87. The van der Waals surface area contributed by atoms with Crippen molar-refractivity contribution in [3.05, 3.63) is 28.1 Å². The molecule has 112 valence electrons. The van der Waals surface area contributed by atoms with Gasteiger partial charge in [0.05, 0.1) is 5.69 Å². The Morgan fingerprint density at radius 2 is 2.19 bits per heavy atom. The summed E-state index contributed by atoms with van der Waals surface area (Å²) in [4.78, 5) is 15.5. The summed E-state index contributed by atoms with van der Waals surface area (Å²) in [5.41, 5.74) is 6.79. The summed E-state index contributed by atoms with van der Waals surface area (Å²) in [6.45, 7) is 2.96. The van der Waals surface area contributed by atoms with Crippen LogP contribution in [0.5, 0.6) is 0 Å². The maximum atomic E-state index is 12.9. The van der Waals surface area contributed by atoms with Gasteiger partial charge in [-0.15, -0.1) is 11.3 Å². The standard InChI is InChI=1S/C16H19ClN2OS/c1-10-5-3-2-4-8-19(10)16(20)15-14(18)12-7-6-11(17)9-13(12)21-15/h6-7,9-10H,2-5,8,18H2,1H3. The highest BCUT2D eigenvalue weighted by Gasteiger charge is 2.26. The van der Waals surface area contributed by atoms with E-state index in [1.807, 2.05) is 23.1 Å². The van der Waals surface area contributed by atoms with E-state index in [0.717, 1.165) is 29.5 Å². The summed E-state index contributed by atoms with van der Waals surface area (Å²) in [5, 5.41) is 1.60. The van der Waals surface area contributed by atoms with E-state index in [0.29, 0.717) is 15.6 Å². The number of benzene rings is 1. The van der Waals surface area contributed by atoms with Crippen molar-refractivity contribution >= 4 is 44.6 Å². The Bertz CT molecular complexity index is 682. The number of carbonyl (C=O) groups excluding carboxylic acids is 1. The van der Waals surface area contributed by atoms with Crippen molar-refractivity contribution in [3.63, 3.8) is 0 Å². The molecule has 1 aliphatic rings. The lowest BCUT2D eigenvalue weighted by Gasteiger charge is -2.26. The number of amides is 1. The topological polar surface area (TPSA) is 46.3 Å². The van der Waals surface area contributed by atoms with Gasteiger partial charge in [0, 0.05) is 27.7 Å². The van der Waals surface area contributed by atoms with Gasteiger partial charge in [-0.1, -0.05) is 24.4 Å². The third-order valence-electron chi connectivity index (χ3n) is 4.20. The molecule has 21 heavy (non-hydrogen) atoms. The van der Waals surface area contributed by atoms with E-state index in [2.05, 4.69) is 6.92 Å². The minimum atomic E-state index is 0.0687. The number of nitrogens with zero attached hydrogens (tertiary/aromatic N) is 1. The molecule has 1 aromatic heterocycles. The molecule has 5 heteroatoms. The maximum Gasteiger partial charge on any atom is 0.266 e.